The summed E-state index contributed by atoms with van der Waals surface area (Å²) < 4.78 is 5.61. The number of nitrogens with zero attached hydrogens (tertiary/aromatic N) is 1. The lowest BCUT2D eigenvalue weighted by molar-refractivity contribution is -0.118. The van der Waals surface area contributed by atoms with Crippen molar-refractivity contribution < 1.29 is 14.3 Å². The third-order valence-corrected chi connectivity index (χ3v) is 4.45. The monoisotopic (exact) mass is 404 g/mol. The number of carbonyl (C=O) groups is 2. The molecule has 0 aromatic heterocycles. The molecule has 0 heterocycles. The van der Waals surface area contributed by atoms with Gasteiger partial charge in [-0.1, -0.05) is 41.9 Å². The average Bonchev–Trinajstić information content (AvgIpc) is 2.74. The van der Waals surface area contributed by atoms with Gasteiger partial charge in [-0.2, -0.15) is 5.26 Å². The zero-order valence-electron chi connectivity index (χ0n) is 15.6. The van der Waals surface area contributed by atoms with Gasteiger partial charge in [0.2, 0.25) is 0 Å². The van der Waals surface area contributed by atoms with Crippen LogP contribution in [0.5, 0.6) is 5.75 Å². The molecule has 0 bridgehead atoms. The maximum absolute atomic E-state index is 12.9. The smallest absolute Gasteiger partial charge is 0.262 e. The van der Waals surface area contributed by atoms with E-state index < -0.39 is 0 Å². The Kier molecular flexibility index (Phi) is 6.28. The van der Waals surface area contributed by atoms with Gasteiger partial charge in [-0.05, 0) is 48.9 Å². The summed E-state index contributed by atoms with van der Waals surface area (Å²) in [5.74, 6) is -0.459. The van der Waals surface area contributed by atoms with Crippen LogP contribution in [-0.2, 0) is 4.79 Å². The number of aryl methyl sites for hydroxylation is 1. The Balaban J connectivity index is 1.78. The Labute approximate surface area is 173 Å². The summed E-state index contributed by atoms with van der Waals surface area (Å²) in [7, 11) is 0. The van der Waals surface area contributed by atoms with Crippen LogP contribution in [0.4, 0.5) is 5.69 Å². The first kappa shape index (κ1) is 20.1. The lowest BCUT2D eigenvalue weighted by Gasteiger charge is -2.12. The molecule has 6 heteroatoms. The van der Waals surface area contributed by atoms with Gasteiger partial charge in [-0.15, -0.1) is 0 Å². The number of para-hydroxylation sites is 1. The number of hydrogen-bond donors (Lipinski definition) is 1. The molecule has 0 fully saturated rings. The molecule has 0 radical (unpaired) electrons. The molecule has 0 aliphatic carbocycles. The number of rotatable bonds is 6. The molecule has 0 saturated carbocycles. The van der Waals surface area contributed by atoms with Crippen molar-refractivity contribution in [3.8, 4) is 11.8 Å². The molecule has 0 aliphatic heterocycles. The second-order valence-corrected chi connectivity index (χ2v) is 6.75. The van der Waals surface area contributed by atoms with Gasteiger partial charge in [0, 0.05) is 16.3 Å². The number of carbonyl (C=O) groups excluding carboxylic acids is 2. The largest absolute Gasteiger partial charge is 0.483 e. The third kappa shape index (κ3) is 5.01. The van der Waals surface area contributed by atoms with Crippen molar-refractivity contribution in [1.82, 2.24) is 0 Å². The van der Waals surface area contributed by atoms with Crippen LogP contribution in [0.2, 0.25) is 5.02 Å². The SMILES string of the molecule is Cc1ccccc1NC(=O)COc1ccc(Cl)cc1C(=O)c1cccc(C#N)c1. The number of ether oxygens (including phenoxy) is 1. The number of benzene rings is 3. The first-order valence-electron chi connectivity index (χ1n) is 8.80. The number of anilines is 1. The minimum Gasteiger partial charge on any atom is -0.483 e. The van der Waals surface area contributed by atoms with Crippen molar-refractivity contribution in [2.24, 2.45) is 0 Å². The molecule has 3 rings (SSSR count). The van der Waals surface area contributed by atoms with Crippen LogP contribution >= 0.6 is 11.6 Å². The van der Waals surface area contributed by atoms with E-state index in [9.17, 15) is 9.59 Å². The maximum Gasteiger partial charge on any atom is 0.262 e. The number of nitriles is 1. The van der Waals surface area contributed by atoms with Crippen LogP contribution in [0, 0.1) is 18.3 Å². The van der Waals surface area contributed by atoms with Gasteiger partial charge >= 0.3 is 0 Å². The summed E-state index contributed by atoms with van der Waals surface area (Å²) >= 11 is 6.05. The number of nitrogens with one attached hydrogen (secondary N) is 1. The fourth-order valence-electron chi connectivity index (χ4n) is 2.73. The average molecular weight is 405 g/mol. The molecule has 3 aromatic rings. The van der Waals surface area contributed by atoms with Crippen LogP contribution < -0.4 is 10.1 Å². The van der Waals surface area contributed by atoms with Crippen molar-refractivity contribution in [3.05, 3.63) is 94.0 Å². The number of halogens is 1. The van der Waals surface area contributed by atoms with Gasteiger partial charge in [-0.25, -0.2) is 0 Å². The van der Waals surface area contributed by atoms with Crippen LogP contribution in [0.1, 0.15) is 27.0 Å². The van der Waals surface area contributed by atoms with E-state index >= 15 is 0 Å². The quantitative estimate of drug-likeness (QED) is 0.600. The molecule has 0 unspecified atom stereocenters. The minimum atomic E-state index is -0.348. The first-order chi connectivity index (χ1) is 14.0. The van der Waals surface area contributed by atoms with Gasteiger partial charge < -0.3 is 10.1 Å². The van der Waals surface area contributed by atoms with E-state index in [-0.39, 0.29) is 29.6 Å². The fraction of sp³-hybridized carbons (Fsp3) is 0.0870. The van der Waals surface area contributed by atoms with E-state index in [1.807, 2.05) is 31.2 Å². The van der Waals surface area contributed by atoms with Crippen molar-refractivity contribution >= 4 is 29.0 Å². The number of hydrogen-bond acceptors (Lipinski definition) is 4. The summed E-state index contributed by atoms with van der Waals surface area (Å²) in [4.78, 5) is 25.2. The predicted molar refractivity (Wildman–Crippen MR) is 111 cm³/mol. The highest BCUT2D eigenvalue weighted by Crippen LogP contribution is 2.26. The van der Waals surface area contributed by atoms with Crippen molar-refractivity contribution in [2.45, 2.75) is 6.92 Å². The van der Waals surface area contributed by atoms with E-state index in [0.29, 0.717) is 21.8 Å². The van der Waals surface area contributed by atoms with Gasteiger partial charge in [0.05, 0.1) is 17.2 Å². The highest BCUT2D eigenvalue weighted by atomic mass is 35.5. The van der Waals surface area contributed by atoms with E-state index in [2.05, 4.69) is 5.32 Å². The fourth-order valence-corrected chi connectivity index (χ4v) is 2.91. The standard InChI is InChI=1S/C23H17ClN2O3/c1-15-5-2-3-8-20(15)26-22(27)14-29-21-10-9-18(24)12-19(21)23(28)17-7-4-6-16(11-17)13-25/h2-12H,14H2,1H3,(H,26,27). The van der Waals surface area contributed by atoms with Crippen molar-refractivity contribution in [3.63, 3.8) is 0 Å². The predicted octanol–water partition coefficient (Wildman–Crippen LogP) is 4.77. The van der Waals surface area contributed by atoms with E-state index in [0.717, 1.165) is 5.56 Å². The Hall–Kier alpha value is -3.62. The van der Waals surface area contributed by atoms with Crippen LogP contribution in [0.3, 0.4) is 0 Å². The highest BCUT2D eigenvalue weighted by Gasteiger charge is 2.17. The van der Waals surface area contributed by atoms with E-state index in [1.165, 1.54) is 12.1 Å². The van der Waals surface area contributed by atoms with Gasteiger partial charge in [0.15, 0.2) is 12.4 Å². The molecule has 3 aromatic carbocycles. The van der Waals surface area contributed by atoms with Crippen LogP contribution in [-0.4, -0.2) is 18.3 Å². The molecule has 0 aliphatic rings. The molecule has 5 nitrogen and oxygen atoms in total. The summed E-state index contributed by atoms with van der Waals surface area (Å²) in [6.07, 6.45) is 0. The highest BCUT2D eigenvalue weighted by molar-refractivity contribution is 6.31. The van der Waals surface area contributed by atoms with E-state index in [4.69, 9.17) is 21.6 Å². The Morgan fingerprint density at radius 3 is 2.62 bits per heavy atom. The Morgan fingerprint density at radius 1 is 1.07 bits per heavy atom. The van der Waals surface area contributed by atoms with Gasteiger partial charge in [0.1, 0.15) is 5.75 Å². The second-order valence-electron chi connectivity index (χ2n) is 6.31. The van der Waals surface area contributed by atoms with E-state index in [1.54, 1.807) is 36.4 Å². The Morgan fingerprint density at radius 2 is 1.86 bits per heavy atom. The molecular formula is C23H17ClN2O3. The lowest BCUT2D eigenvalue weighted by atomic mass is 10.0. The van der Waals surface area contributed by atoms with Crippen LogP contribution in [0.25, 0.3) is 0 Å². The molecule has 1 amide bonds. The minimum absolute atomic E-state index is 0.219. The maximum atomic E-state index is 12.9. The molecule has 0 saturated heterocycles. The molecule has 29 heavy (non-hydrogen) atoms. The summed E-state index contributed by atoms with van der Waals surface area (Å²) in [6.45, 7) is 1.62. The summed E-state index contributed by atoms with van der Waals surface area (Å²) in [5.41, 5.74) is 2.55. The molecule has 0 atom stereocenters. The van der Waals surface area contributed by atoms with Gasteiger partial charge in [-0.3, -0.25) is 9.59 Å². The van der Waals surface area contributed by atoms with Crippen LogP contribution in [0.15, 0.2) is 66.7 Å². The number of amides is 1. The van der Waals surface area contributed by atoms with Crippen molar-refractivity contribution in [2.75, 3.05) is 11.9 Å². The first-order valence-corrected chi connectivity index (χ1v) is 9.18. The molecule has 144 valence electrons. The third-order valence-electron chi connectivity index (χ3n) is 4.22. The molecule has 0 spiro atoms. The number of ketones is 1. The summed E-state index contributed by atoms with van der Waals surface area (Å²) in [6, 6.07) is 20.4. The van der Waals surface area contributed by atoms with Crippen molar-refractivity contribution in [1.29, 1.82) is 5.26 Å². The topological polar surface area (TPSA) is 79.2 Å². The zero-order valence-corrected chi connectivity index (χ0v) is 16.4. The molecular weight excluding hydrogens is 388 g/mol. The lowest BCUT2D eigenvalue weighted by Crippen LogP contribution is -2.21. The normalized spacial score (nSPS) is 10.1. The Bertz CT molecular complexity index is 1120. The van der Waals surface area contributed by atoms with Gasteiger partial charge in [0.25, 0.3) is 5.91 Å². The zero-order chi connectivity index (χ0) is 20.8. The molecule has 1 N–H and O–H groups in total. The second kappa shape index (κ2) is 9.05. The summed E-state index contributed by atoms with van der Waals surface area (Å²) in [5, 5.41) is 12.2.